The van der Waals surface area contributed by atoms with Crippen LogP contribution < -0.4 is 5.32 Å². The van der Waals surface area contributed by atoms with Crippen LogP contribution in [0.2, 0.25) is 0 Å². The molecule has 3 nitrogen and oxygen atoms in total. The molecule has 1 N–H and O–H groups in total. The number of thioether (sulfide) groups is 1. The van der Waals surface area contributed by atoms with Crippen molar-refractivity contribution in [3.8, 4) is 0 Å². The molecule has 4 heteroatoms. The fourth-order valence-electron chi connectivity index (χ4n) is 1.77. The molecular weight excluding hydrogens is 174 g/mol. The largest absolute Gasteiger partial charge is 0.346 e. The third-order valence-electron chi connectivity index (χ3n) is 2.43. The summed E-state index contributed by atoms with van der Waals surface area (Å²) in [6.07, 6.45) is 1.17. The monoisotopic (exact) mass is 185 g/mol. The van der Waals surface area contributed by atoms with Crippen LogP contribution in [0.1, 0.15) is 12.8 Å². The Balaban J connectivity index is 2.03. The Morgan fingerprint density at radius 3 is 2.75 bits per heavy atom. The topological polar surface area (TPSA) is 46.2 Å². The molecule has 66 valence electrons. The molecule has 2 heterocycles. The summed E-state index contributed by atoms with van der Waals surface area (Å²) in [5.74, 6) is 2.55. The first-order valence-electron chi connectivity index (χ1n) is 4.17. The third kappa shape index (κ3) is 1.35. The maximum absolute atomic E-state index is 11.3. The number of carbonyl (C=O) groups is 2. The van der Waals surface area contributed by atoms with Crippen molar-refractivity contribution in [3.63, 3.8) is 0 Å². The Morgan fingerprint density at radius 2 is 2.25 bits per heavy atom. The normalized spacial score (nSPS) is 35.7. The maximum atomic E-state index is 11.3. The van der Waals surface area contributed by atoms with Gasteiger partial charge in [-0.2, -0.15) is 11.8 Å². The second-order valence-corrected chi connectivity index (χ2v) is 4.46. The summed E-state index contributed by atoms with van der Waals surface area (Å²) < 4.78 is 0. The summed E-state index contributed by atoms with van der Waals surface area (Å²) in [4.78, 5) is 22.2. The van der Waals surface area contributed by atoms with Crippen LogP contribution in [0.3, 0.4) is 0 Å². The van der Waals surface area contributed by atoms with Crippen LogP contribution >= 0.6 is 11.8 Å². The highest BCUT2D eigenvalue weighted by Crippen LogP contribution is 2.28. The predicted molar refractivity (Wildman–Crippen MR) is 47.0 cm³/mol. The summed E-state index contributed by atoms with van der Waals surface area (Å²) in [6.45, 7) is 0. The molecule has 2 fully saturated rings. The number of amides is 1. The van der Waals surface area contributed by atoms with Crippen molar-refractivity contribution in [2.75, 3.05) is 11.5 Å². The fraction of sp³-hybridized carbons (Fsp3) is 0.750. The molecule has 2 rings (SSSR count). The van der Waals surface area contributed by atoms with Crippen molar-refractivity contribution in [2.24, 2.45) is 5.92 Å². The summed E-state index contributed by atoms with van der Waals surface area (Å²) in [5, 5.41) is 2.74. The van der Waals surface area contributed by atoms with Crippen LogP contribution in [0, 0.1) is 5.92 Å². The van der Waals surface area contributed by atoms with Gasteiger partial charge < -0.3 is 5.32 Å². The Kier molecular flexibility index (Phi) is 2.09. The van der Waals surface area contributed by atoms with Crippen molar-refractivity contribution < 1.29 is 9.59 Å². The lowest BCUT2D eigenvalue weighted by Gasteiger charge is -2.14. The molecule has 0 aromatic carbocycles. The van der Waals surface area contributed by atoms with Gasteiger partial charge in [0.25, 0.3) is 0 Å². The molecule has 2 aliphatic rings. The number of ketones is 1. The lowest BCUT2D eigenvalue weighted by molar-refractivity contribution is -0.122. The molecule has 2 aliphatic heterocycles. The Bertz CT molecular complexity index is 223. The van der Waals surface area contributed by atoms with Crippen molar-refractivity contribution in [3.05, 3.63) is 0 Å². The van der Waals surface area contributed by atoms with E-state index in [9.17, 15) is 9.59 Å². The van der Waals surface area contributed by atoms with E-state index < -0.39 is 0 Å². The molecule has 2 saturated heterocycles. The highest BCUT2D eigenvalue weighted by atomic mass is 32.2. The van der Waals surface area contributed by atoms with Gasteiger partial charge in [-0.1, -0.05) is 0 Å². The molecule has 1 amide bonds. The first-order chi connectivity index (χ1) is 5.77. The highest BCUT2D eigenvalue weighted by Gasteiger charge is 2.37. The van der Waals surface area contributed by atoms with Gasteiger partial charge in [0.15, 0.2) is 5.78 Å². The van der Waals surface area contributed by atoms with Crippen molar-refractivity contribution >= 4 is 23.5 Å². The van der Waals surface area contributed by atoms with Crippen molar-refractivity contribution in [1.29, 1.82) is 0 Å². The number of hydrogen-bond donors (Lipinski definition) is 1. The van der Waals surface area contributed by atoms with Gasteiger partial charge in [0.05, 0.1) is 12.5 Å². The number of hydrogen-bond acceptors (Lipinski definition) is 3. The van der Waals surface area contributed by atoms with Crippen molar-refractivity contribution in [2.45, 2.75) is 18.9 Å². The molecule has 2 atom stereocenters. The fourth-order valence-corrected chi connectivity index (χ4v) is 3.07. The molecule has 12 heavy (non-hydrogen) atoms. The van der Waals surface area contributed by atoms with E-state index >= 15 is 0 Å². The predicted octanol–water partition coefficient (Wildman–Crippen LogP) is 0.197. The van der Waals surface area contributed by atoms with Crippen molar-refractivity contribution in [1.82, 2.24) is 5.32 Å². The van der Waals surface area contributed by atoms with E-state index in [2.05, 4.69) is 5.32 Å². The van der Waals surface area contributed by atoms with Gasteiger partial charge in [-0.25, -0.2) is 0 Å². The number of nitrogens with one attached hydrogen (secondary N) is 1. The van der Waals surface area contributed by atoms with E-state index in [0.717, 1.165) is 17.9 Å². The minimum atomic E-state index is -0.160. The van der Waals surface area contributed by atoms with Crippen LogP contribution in [0.4, 0.5) is 0 Å². The van der Waals surface area contributed by atoms with Gasteiger partial charge in [-0.15, -0.1) is 0 Å². The Morgan fingerprint density at radius 1 is 1.42 bits per heavy atom. The zero-order valence-corrected chi connectivity index (χ0v) is 7.52. The maximum Gasteiger partial charge on any atom is 0.228 e. The van der Waals surface area contributed by atoms with E-state index in [-0.39, 0.29) is 24.2 Å². The van der Waals surface area contributed by atoms with Crippen LogP contribution in [0.15, 0.2) is 0 Å². The van der Waals surface area contributed by atoms with E-state index in [0.29, 0.717) is 5.92 Å². The minimum Gasteiger partial charge on any atom is -0.346 e. The molecule has 0 spiro atoms. The number of carbonyl (C=O) groups excluding carboxylic acids is 2. The molecule has 0 aromatic heterocycles. The van der Waals surface area contributed by atoms with E-state index in [1.807, 2.05) is 11.8 Å². The zero-order valence-electron chi connectivity index (χ0n) is 6.71. The molecule has 0 aliphatic carbocycles. The van der Waals surface area contributed by atoms with Crippen LogP contribution in [-0.4, -0.2) is 29.2 Å². The van der Waals surface area contributed by atoms with E-state index in [4.69, 9.17) is 0 Å². The van der Waals surface area contributed by atoms with Gasteiger partial charge in [-0.05, 0) is 23.8 Å². The summed E-state index contributed by atoms with van der Waals surface area (Å²) >= 11 is 1.87. The molecule has 2 unspecified atom stereocenters. The summed E-state index contributed by atoms with van der Waals surface area (Å²) in [5.41, 5.74) is 0. The Labute approximate surface area is 75.3 Å². The van der Waals surface area contributed by atoms with Gasteiger partial charge in [0.1, 0.15) is 0 Å². The number of rotatable bonds is 1. The average Bonchev–Trinajstić information content (AvgIpc) is 2.58. The van der Waals surface area contributed by atoms with Gasteiger partial charge in [0.2, 0.25) is 5.91 Å². The molecule has 0 radical (unpaired) electrons. The van der Waals surface area contributed by atoms with Gasteiger partial charge in [-0.3, -0.25) is 9.59 Å². The first-order valence-corrected chi connectivity index (χ1v) is 5.32. The molecule has 0 aromatic rings. The van der Waals surface area contributed by atoms with E-state index in [1.165, 1.54) is 0 Å². The lowest BCUT2D eigenvalue weighted by Crippen LogP contribution is -2.36. The highest BCUT2D eigenvalue weighted by molar-refractivity contribution is 7.99. The van der Waals surface area contributed by atoms with Gasteiger partial charge in [0, 0.05) is 0 Å². The first kappa shape index (κ1) is 8.10. The van der Waals surface area contributed by atoms with Crippen LogP contribution in [0.25, 0.3) is 0 Å². The van der Waals surface area contributed by atoms with Crippen LogP contribution in [-0.2, 0) is 9.59 Å². The van der Waals surface area contributed by atoms with Crippen LogP contribution in [0.5, 0.6) is 0 Å². The van der Waals surface area contributed by atoms with E-state index in [1.54, 1.807) is 0 Å². The summed E-state index contributed by atoms with van der Waals surface area (Å²) in [6, 6.07) is -0.160. The molecule has 0 bridgehead atoms. The smallest absolute Gasteiger partial charge is 0.228 e. The molecule has 0 saturated carbocycles. The Hall–Kier alpha value is -0.510. The molecular formula is C8H11NO2S. The minimum absolute atomic E-state index is 0.0903. The number of Topliss-reactive ketones (excluding diaryl/α,β-unsaturated/α-hetero) is 1. The summed E-state index contributed by atoms with van der Waals surface area (Å²) in [7, 11) is 0. The van der Waals surface area contributed by atoms with Gasteiger partial charge >= 0.3 is 0 Å². The second-order valence-electron chi connectivity index (χ2n) is 3.31. The average molecular weight is 185 g/mol. The standard InChI is InChI=1S/C8H11NO2S/c10-6-3-7(11)9-8(6)5-1-2-12-4-5/h5,8H,1-4H2,(H,9,11). The second kappa shape index (κ2) is 3.09. The SMILES string of the molecule is O=C1CC(=O)C(C2CCSC2)N1. The quantitative estimate of drug-likeness (QED) is 0.593. The lowest BCUT2D eigenvalue weighted by atomic mass is 9.97. The zero-order chi connectivity index (χ0) is 8.55. The third-order valence-corrected chi connectivity index (χ3v) is 3.62.